The van der Waals surface area contributed by atoms with E-state index in [0.29, 0.717) is 5.02 Å². The smallest absolute Gasteiger partial charge is 0.355 e. The molecule has 0 bridgehead atoms. The first-order valence-electron chi connectivity index (χ1n) is 6.11. The lowest BCUT2D eigenvalue weighted by molar-refractivity contribution is 0.0691. The molecular weight excluding hydrogens is 312 g/mol. The Morgan fingerprint density at radius 2 is 1.95 bits per heavy atom. The lowest BCUT2D eigenvalue weighted by atomic mass is 10.1. The van der Waals surface area contributed by atoms with Crippen LogP contribution in [-0.2, 0) is 0 Å². The summed E-state index contributed by atoms with van der Waals surface area (Å²) in [5.74, 6) is -1.45. The Morgan fingerprint density at radius 1 is 1.33 bits per heavy atom. The van der Waals surface area contributed by atoms with Gasteiger partial charge in [-0.2, -0.15) is 0 Å². The highest BCUT2D eigenvalue weighted by Gasteiger charge is 2.22. The number of carboxylic acids is 1. The second-order valence-electron chi connectivity index (χ2n) is 4.49. The summed E-state index contributed by atoms with van der Waals surface area (Å²) in [6.07, 6.45) is 0. The van der Waals surface area contributed by atoms with Gasteiger partial charge in [-0.15, -0.1) is 11.3 Å². The Morgan fingerprint density at radius 3 is 2.48 bits per heavy atom. The van der Waals surface area contributed by atoms with Gasteiger partial charge in [0.2, 0.25) is 0 Å². The average molecular weight is 325 g/mol. The predicted molar refractivity (Wildman–Crippen MR) is 81.0 cm³/mol. The molecule has 1 unspecified atom stereocenters. The van der Waals surface area contributed by atoms with Gasteiger partial charge >= 0.3 is 5.97 Å². The van der Waals surface area contributed by atoms with E-state index in [1.807, 2.05) is 19.1 Å². The van der Waals surface area contributed by atoms with Crippen LogP contribution in [0.5, 0.6) is 0 Å². The fraction of sp³-hybridized carbons (Fsp3) is 0.214. The third-order valence-electron chi connectivity index (χ3n) is 3.16. The molecule has 1 aromatic carbocycles. The van der Waals surface area contributed by atoms with Crippen LogP contribution in [0.15, 0.2) is 29.6 Å². The van der Waals surface area contributed by atoms with Crippen molar-refractivity contribution >= 4 is 34.8 Å². The molecule has 2 rings (SSSR count). The number of aromatic nitrogens is 1. The molecule has 0 saturated carbocycles. The van der Waals surface area contributed by atoms with Crippen molar-refractivity contribution in [3.05, 3.63) is 50.9 Å². The van der Waals surface area contributed by atoms with Crippen LogP contribution < -0.4 is 0 Å². The minimum absolute atomic E-state index is 0.115. The summed E-state index contributed by atoms with van der Waals surface area (Å²) in [6, 6.07) is 7.05. The van der Waals surface area contributed by atoms with E-state index in [0.717, 1.165) is 16.9 Å². The summed E-state index contributed by atoms with van der Waals surface area (Å²) < 4.78 is 0. The van der Waals surface area contributed by atoms with E-state index in [-0.39, 0.29) is 22.7 Å². The van der Waals surface area contributed by atoms with E-state index >= 15 is 0 Å². The number of hydrogen-bond acceptors (Lipinski definition) is 4. The van der Waals surface area contributed by atoms with Gasteiger partial charge in [0.05, 0.1) is 6.04 Å². The van der Waals surface area contributed by atoms with Gasteiger partial charge in [0.15, 0.2) is 10.7 Å². The molecule has 110 valence electrons. The molecule has 5 nitrogen and oxygen atoms in total. The van der Waals surface area contributed by atoms with Gasteiger partial charge in [0, 0.05) is 17.5 Å². The van der Waals surface area contributed by atoms with E-state index < -0.39 is 5.97 Å². The largest absolute Gasteiger partial charge is 0.476 e. The van der Waals surface area contributed by atoms with E-state index in [9.17, 15) is 9.59 Å². The Balaban J connectivity index is 2.17. The molecule has 1 aromatic heterocycles. The number of carboxylic acid groups (broad SMARTS) is 1. The minimum Gasteiger partial charge on any atom is -0.476 e. The van der Waals surface area contributed by atoms with Crippen LogP contribution in [-0.4, -0.2) is 33.9 Å². The van der Waals surface area contributed by atoms with Crippen LogP contribution in [0.3, 0.4) is 0 Å². The number of nitrogens with zero attached hydrogens (tertiary/aromatic N) is 2. The Bertz CT molecular complexity index is 669. The molecule has 0 aliphatic carbocycles. The molecule has 0 aliphatic rings. The summed E-state index contributed by atoms with van der Waals surface area (Å²) in [6.45, 7) is 1.88. The van der Waals surface area contributed by atoms with Crippen LogP contribution >= 0.6 is 22.9 Å². The van der Waals surface area contributed by atoms with Gasteiger partial charge in [-0.1, -0.05) is 23.7 Å². The third-order valence-corrected chi connectivity index (χ3v) is 4.24. The van der Waals surface area contributed by atoms with Gasteiger partial charge in [-0.3, -0.25) is 4.79 Å². The molecule has 7 heteroatoms. The van der Waals surface area contributed by atoms with Crippen molar-refractivity contribution in [2.24, 2.45) is 0 Å². The Hall–Kier alpha value is -1.92. The molecule has 1 atom stereocenters. The number of carbonyl (C=O) groups is 2. The van der Waals surface area contributed by atoms with E-state index in [1.54, 1.807) is 19.2 Å². The van der Waals surface area contributed by atoms with Gasteiger partial charge in [-0.05, 0) is 24.6 Å². The van der Waals surface area contributed by atoms with Gasteiger partial charge < -0.3 is 10.0 Å². The van der Waals surface area contributed by atoms with Crippen LogP contribution in [0.1, 0.15) is 38.8 Å². The van der Waals surface area contributed by atoms with Gasteiger partial charge in [-0.25, -0.2) is 9.78 Å². The first-order valence-corrected chi connectivity index (χ1v) is 7.37. The second kappa shape index (κ2) is 6.24. The molecule has 0 fully saturated rings. The number of hydrogen-bond donors (Lipinski definition) is 1. The average Bonchev–Trinajstić information content (AvgIpc) is 2.96. The van der Waals surface area contributed by atoms with Crippen LogP contribution in [0, 0.1) is 0 Å². The molecule has 1 amide bonds. The van der Waals surface area contributed by atoms with Crippen molar-refractivity contribution in [2.45, 2.75) is 13.0 Å². The molecule has 2 aromatic rings. The highest BCUT2D eigenvalue weighted by molar-refractivity contribution is 7.11. The summed E-state index contributed by atoms with van der Waals surface area (Å²) in [7, 11) is 1.66. The number of rotatable bonds is 4. The minimum atomic E-state index is -1.14. The fourth-order valence-corrected chi connectivity index (χ4v) is 2.66. The van der Waals surface area contributed by atoms with E-state index in [2.05, 4.69) is 4.98 Å². The maximum Gasteiger partial charge on any atom is 0.355 e. The highest BCUT2D eigenvalue weighted by atomic mass is 35.5. The molecule has 1 N–H and O–H groups in total. The van der Waals surface area contributed by atoms with Crippen molar-refractivity contribution in [2.75, 3.05) is 7.05 Å². The van der Waals surface area contributed by atoms with Crippen molar-refractivity contribution in [3.63, 3.8) is 0 Å². The predicted octanol–water partition coefficient (Wildman–Crippen LogP) is 3.33. The number of benzene rings is 1. The topological polar surface area (TPSA) is 70.5 Å². The van der Waals surface area contributed by atoms with Gasteiger partial charge in [0.1, 0.15) is 0 Å². The molecule has 0 spiro atoms. The molecule has 1 heterocycles. The van der Waals surface area contributed by atoms with Crippen molar-refractivity contribution in [1.82, 2.24) is 9.88 Å². The third kappa shape index (κ3) is 3.40. The number of amides is 1. The maximum atomic E-state index is 12.3. The van der Waals surface area contributed by atoms with Crippen molar-refractivity contribution < 1.29 is 14.7 Å². The zero-order valence-corrected chi connectivity index (χ0v) is 13.0. The van der Waals surface area contributed by atoms with Crippen LogP contribution in [0.25, 0.3) is 0 Å². The zero-order chi connectivity index (χ0) is 15.6. The van der Waals surface area contributed by atoms with Gasteiger partial charge in [0.25, 0.3) is 5.91 Å². The molecule has 21 heavy (non-hydrogen) atoms. The first-order chi connectivity index (χ1) is 9.90. The lowest BCUT2D eigenvalue weighted by Crippen LogP contribution is -2.29. The molecular formula is C14H13ClN2O3S. The van der Waals surface area contributed by atoms with E-state index in [1.165, 1.54) is 10.3 Å². The number of aromatic carboxylic acids is 1. The number of halogens is 1. The number of carbonyl (C=O) groups excluding carboxylic acids is 1. The highest BCUT2D eigenvalue weighted by Crippen LogP contribution is 2.23. The molecule has 0 aliphatic heterocycles. The van der Waals surface area contributed by atoms with Crippen molar-refractivity contribution in [1.29, 1.82) is 0 Å². The SMILES string of the molecule is CC(c1ccc(Cl)cc1)N(C)C(=O)c1nc(C(=O)O)cs1. The van der Waals surface area contributed by atoms with Crippen LogP contribution in [0.2, 0.25) is 5.02 Å². The molecule has 0 radical (unpaired) electrons. The van der Waals surface area contributed by atoms with E-state index in [4.69, 9.17) is 16.7 Å². The monoisotopic (exact) mass is 324 g/mol. The lowest BCUT2D eigenvalue weighted by Gasteiger charge is -2.24. The summed E-state index contributed by atoms with van der Waals surface area (Å²) in [5, 5.41) is 11.0. The number of thiazole rings is 1. The summed E-state index contributed by atoms with van der Waals surface area (Å²) in [4.78, 5) is 28.5. The summed E-state index contributed by atoms with van der Waals surface area (Å²) in [5.41, 5.74) is 0.821. The normalized spacial score (nSPS) is 12.0. The second-order valence-corrected chi connectivity index (χ2v) is 5.78. The standard InChI is InChI=1S/C14H13ClN2O3S/c1-8(9-3-5-10(15)6-4-9)17(2)13(18)12-16-11(7-21-12)14(19)20/h3-8H,1-2H3,(H,19,20). The van der Waals surface area contributed by atoms with Crippen molar-refractivity contribution in [3.8, 4) is 0 Å². The fourth-order valence-electron chi connectivity index (χ4n) is 1.76. The Labute approximate surface area is 130 Å². The molecule has 0 saturated heterocycles. The maximum absolute atomic E-state index is 12.3. The Kier molecular flexibility index (Phi) is 4.59. The zero-order valence-electron chi connectivity index (χ0n) is 11.4. The summed E-state index contributed by atoms with van der Waals surface area (Å²) >= 11 is 6.87. The quantitative estimate of drug-likeness (QED) is 0.936. The van der Waals surface area contributed by atoms with Crippen LogP contribution in [0.4, 0.5) is 0 Å². The first kappa shape index (κ1) is 15.5.